The van der Waals surface area contributed by atoms with Crippen molar-refractivity contribution in [2.24, 2.45) is 0 Å². The molecule has 0 fully saturated rings. The van der Waals surface area contributed by atoms with Gasteiger partial charge in [0.05, 0.1) is 13.2 Å². The number of amides is 1. The third-order valence-corrected chi connectivity index (χ3v) is 3.71. The summed E-state index contributed by atoms with van der Waals surface area (Å²) >= 11 is 5.99. The standard InChI is InChI=1S/C19H20ClNO3/c1-4-10-24-17-9-8-15(12-18(17)23-3)19(22)21-13(2)14-6-5-7-16(20)11-14/h4-9,11-13H,1,10H2,2-3H3,(H,21,22). The summed E-state index contributed by atoms with van der Waals surface area (Å²) < 4.78 is 10.8. The van der Waals surface area contributed by atoms with Crippen LogP contribution in [0, 0.1) is 0 Å². The second-order valence-corrected chi connectivity index (χ2v) is 5.65. The predicted octanol–water partition coefficient (Wildman–Crippen LogP) is 4.40. The number of hydrogen-bond donors (Lipinski definition) is 1. The fourth-order valence-electron chi connectivity index (χ4n) is 2.22. The van der Waals surface area contributed by atoms with Crippen molar-refractivity contribution in [3.63, 3.8) is 0 Å². The summed E-state index contributed by atoms with van der Waals surface area (Å²) in [6, 6.07) is 12.3. The first-order chi connectivity index (χ1) is 11.5. The second-order valence-electron chi connectivity index (χ2n) is 5.22. The molecule has 0 spiro atoms. The van der Waals surface area contributed by atoms with Crippen LogP contribution in [0.1, 0.15) is 28.9 Å². The van der Waals surface area contributed by atoms with E-state index in [1.807, 2.05) is 25.1 Å². The van der Waals surface area contributed by atoms with E-state index >= 15 is 0 Å². The van der Waals surface area contributed by atoms with Crippen LogP contribution in [0.2, 0.25) is 5.02 Å². The molecule has 4 nitrogen and oxygen atoms in total. The maximum Gasteiger partial charge on any atom is 0.251 e. The van der Waals surface area contributed by atoms with Crippen molar-refractivity contribution in [1.82, 2.24) is 5.32 Å². The lowest BCUT2D eigenvalue weighted by Crippen LogP contribution is -2.26. The van der Waals surface area contributed by atoms with E-state index in [4.69, 9.17) is 21.1 Å². The van der Waals surface area contributed by atoms with Crippen LogP contribution in [-0.4, -0.2) is 19.6 Å². The molecule has 1 N–H and O–H groups in total. The molecule has 2 rings (SSSR count). The van der Waals surface area contributed by atoms with Crippen LogP contribution in [0.25, 0.3) is 0 Å². The molecule has 2 aromatic rings. The van der Waals surface area contributed by atoms with Crippen LogP contribution < -0.4 is 14.8 Å². The normalized spacial score (nSPS) is 11.5. The van der Waals surface area contributed by atoms with E-state index in [9.17, 15) is 4.79 Å². The lowest BCUT2D eigenvalue weighted by atomic mass is 10.1. The summed E-state index contributed by atoms with van der Waals surface area (Å²) in [5.41, 5.74) is 1.43. The summed E-state index contributed by atoms with van der Waals surface area (Å²) in [7, 11) is 1.53. The highest BCUT2D eigenvalue weighted by molar-refractivity contribution is 6.30. The van der Waals surface area contributed by atoms with E-state index in [0.29, 0.717) is 28.7 Å². The Hall–Kier alpha value is -2.46. The summed E-state index contributed by atoms with van der Waals surface area (Å²) in [6.07, 6.45) is 1.65. The van der Waals surface area contributed by atoms with Crippen molar-refractivity contribution in [1.29, 1.82) is 0 Å². The molecule has 0 aliphatic carbocycles. The summed E-state index contributed by atoms with van der Waals surface area (Å²) in [6.45, 7) is 5.88. The zero-order valence-corrected chi connectivity index (χ0v) is 14.5. The van der Waals surface area contributed by atoms with Crippen LogP contribution >= 0.6 is 11.6 Å². The molecular weight excluding hydrogens is 326 g/mol. The summed E-state index contributed by atoms with van der Waals surface area (Å²) in [4.78, 5) is 12.5. The van der Waals surface area contributed by atoms with Crippen LogP contribution in [0.15, 0.2) is 55.1 Å². The number of rotatable bonds is 7. The molecule has 0 aliphatic heterocycles. The Morgan fingerprint density at radius 2 is 2.08 bits per heavy atom. The van der Waals surface area contributed by atoms with Gasteiger partial charge < -0.3 is 14.8 Å². The zero-order chi connectivity index (χ0) is 17.5. The molecule has 126 valence electrons. The Balaban J connectivity index is 2.13. The highest BCUT2D eigenvalue weighted by Crippen LogP contribution is 2.28. The predicted molar refractivity (Wildman–Crippen MR) is 96.0 cm³/mol. The molecule has 1 amide bonds. The molecule has 5 heteroatoms. The molecule has 24 heavy (non-hydrogen) atoms. The van der Waals surface area contributed by atoms with Gasteiger partial charge in [-0.1, -0.05) is 36.4 Å². The van der Waals surface area contributed by atoms with Crippen molar-refractivity contribution >= 4 is 17.5 Å². The number of carbonyl (C=O) groups is 1. The van der Waals surface area contributed by atoms with E-state index in [0.717, 1.165) is 5.56 Å². The first-order valence-electron chi connectivity index (χ1n) is 7.53. The van der Waals surface area contributed by atoms with E-state index in [1.54, 1.807) is 30.3 Å². The van der Waals surface area contributed by atoms with Gasteiger partial charge in [0.15, 0.2) is 11.5 Å². The smallest absolute Gasteiger partial charge is 0.251 e. The third-order valence-electron chi connectivity index (χ3n) is 3.48. The number of benzene rings is 2. The van der Waals surface area contributed by atoms with E-state index < -0.39 is 0 Å². The monoisotopic (exact) mass is 345 g/mol. The molecular formula is C19H20ClNO3. The molecule has 0 saturated carbocycles. The van der Waals surface area contributed by atoms with Gasteiger partial charge in [0.1, 0.15) is 6.61 Å². The molecule has 0 heterocycles. The molecule has 0 bridgehead atoms. The average molecular weight is 346 g/mol. The van der Waals surface area contributed by atoms with Crippen molar-refractivity contribution < 1.29 is 14.3 Å². The van der Waals surface area contributed by atoms with Gasteiger partial charge in [-0.15, -0.1) is 0 Å². The van der Waals surface area contributed by atoms with Crippen molar-refractivity contribution in [2.75, 3.05) is 13.7 Å². The number of hydrogen-bond acceptors (Lipinski definition) is 3. The van der Waals surface area contributed by atoms with Crippen molar-refractivity contribution in [3.8, 4) is 11.5 Å². The van der Waals surface area contributed by atoms with Gasteiger partial charge >= 0.3 is 0 Å². The lowest BCUT2D eigenvalue weighted by molar-refractivity contribution is 0.0939. The summed E-state index contributed by atoms with van der Waals surface area (Å²) in [5, 5.41) is 3.58. The van der Waals surface area contributed by atoms with Gasteiger partial charge in [0, 0.05) is 10.6 Å². The van der Waals surface area contributed by atoms with Gasteiger partial charge in [-0.3, -0.25) is 4.79 Å². The molecule has 1 atom stereocenters. The van der Waals surface area contributed by atoms with Gasteiger partial charge in [0.25, 0.3) is 5.91 Å². The minimum absolute atomic E-state index is 0.168. The molecule has 1 unspecified atom stereocenters. The van der Waals surface area contributed by atoms with Crippen LogP contribution in [-0.2, 0) is 0 Å². The number of methoxy groups -OCH3 is 1. The minimum Gasteiger partial charge on any atom is -0.493 e. The first-order valence-corrected chi connectivity index (χ1v) is 7.91. The molecule has 0 saturated heterocycles. The molecule has 0 radical (unpaired) electrons. The number of nitrogens with one attached hydrogen (secondary N) is 1. The fraction of sp³-hybridized carbons (Fsp3) is 0.211. The zero-order valence-electron chi connectivity index (χ0n) is 13.7. The van der Waals surface area contributed by atoms with Crippen molar-refractivity contribution in [3.05, 3.63) is 71.3 Å². The van der Waals surface area contributed by atoms with E-state index in [-0.39, 0.29) is 11.9 Å². The van der Waals surface area contributed by atoms with E-state index in [2.05, 4.69) is 11.9 Å². The third kappa shape index (κ3) is 4.52. The van der Waals surface area contributed by atoms with Gasteiger partial charge in [-0.2, -0.15) is 0 Å². The largest absolute Gasteiger partial charge is 0.493 e. The highest BCUT2D eigenvalue weighted by atomic mass is 35.5. The fourth-order valence-corrected chi connectivity index (χ4v) is 2.41. The Morgan fingerprint density at radius 3 is 2.75 bits per heavy atom. The number of halogens is 1. The Labute approximate surface area is 147 Å². The van der Waals surface area contributed by atoms with Crippen molar-refractivity contribution in [2.45, 2.75) is 13.0 Å². The first kappa shape index (κ1) is 17.9. The number of ether oxygens (including phenoxy) is 2. The lowest BCUT2D eigenvalue weighted by Gasteiger charge is -2.16. The Morgan fingerprint density at radius 1 is 1.29 bits per heavy atom. The maximum atomic E-state index is 12.5. The molecule has 0 aromatic heterocycles. The number of carbonyl (C=O) groups excluding carboxylic acids is 1. The SMILES string of the molecule is C=CCOc1ccc(C(=O)NC(C)c2cccc(Cl)c2)cc1OC. The maximum absolute atomic E-state index is 12.5. The molecule has 0 aliphatic rings. The second kappa shape index (κ2) is 8.41. The quantitative estimate of drug-likeness (QED) is 0.756. The Bertz CT molecular complexity index is 730. The van der Waals surface area contributed by atoms with Gasteiger partial charge in [0.2, 0.25) is 0 Å². The van der Waals surface area contributed by atoms with Crippen LogP contribution in [0.5, 0.6) is 11.5 Å². The average Bonchev–Trinajstić information content (AvgIpc) is 2.59. The van der Waals surface area contributed by atoms with E-state index in [1.165, 1.54) is 7.11 Å². The van der Waals surface area contributed by atoms with Gasteiger partial charge in [-0.05, 0) is 42.8 Å². The highest BCUT2D eigenvalue weighted by Gasteiger charge is 2.14. The molecule has 2 aromatic carbocycles. The minimum atomic E-state index is -0.198. The topological polar surface area (TPSA) is 47.6 Å². The summed E-state index contributed by atoms with van der Waals surface area (Å²) in [5.74, 6) is 0.868. The van der Waals surface area contributed by atoms with Gasteiger partial charge in [-0.25, -0.2) is 0 Å². The van der Waals surface area contributed by atoms with Crippen LogP contribution in [0.3, 0.4) is 0 Å². The van der Waals surface area contributed by atoms with Crippen LogP contribution in [0.4, 0.5) is 0 Å². The Kier molecular flexibility index (Phi) is 6.27.